The number of hydrogen-bond acceptors (Lipinski definition) is 5. The van der Waals surface area contributed by atoms with Gasteiger partial charge in [-0.15, -0.1) is 0 Å². The molecule has 2 atom stereocenters. The molecular formula is C20H21FN2O5. The van der Waals surface area contributed by atoms with Gasteiger partial charge in [-0.2, -0.15) is 0 Å². The predicted octanol–water partition coefficient (Wildman–Crippen LogP) is 2.27. The number of nitrogens with zero attached hydrogens (tertiary/aromatic N) is 1. The summed E-state index contributed by atoms with van der Waals surface area (Å²) in [6.45, 7) is 0.642. The van der Waals surface area contributed by atoms with Gasteiger partial charge in [0.2, 0.25) is 5.91 Å². The van der Waals surface area contributed by atoms with Crippen LogP contribution in [0.5, 0.6) is 5.75 Å². The van der Waals surface area contributed by atoms with Gasteiger partial charge in [0.15, 0.2) is 0 Å². The third-order valence-corrected chi connectivity index (χ3v) is 4.49. The summed E-state index contributed by atoms with van der Waals surface area (Å²) in [7, 11) is 0. The molecule has 8 heteroatoms. The lowest BCUT2D eigenvalue weighted by Crippen LogP contribution is -2.29. The van der Waals surface area contributed by atoms with Gasteiger partial charge in [-0.05, 0) is 29.8 Å². The predicted molar refractivity (Wildman–Crippen MR) is 100 cm³/mol. The number of rotatable bonds is 7. The Hall–Kier alpha value is -2.97. The molecule has 0 radical (unpaired) electrons. The first-order valence-corrected chi connectivity index (χ1v) is 8.80. The second-order valence-corrected chi connectivity index (χ2v) is 6.63. The fourth-order valence-electron chi connectivity index (χ4n) is 3.05. The van der Waals surface area contributed by atoms with Crippen molar-refractivity contribution in [2.24, 2.45) is 0 Å². The highest BCUT2D eigenvalue weighted by Gasteiger charge is 2.34. The van der Waals surface area contributed by atoms with E-state index in [0.29, 0.717) is 13.1 Å². The van der Waals surface area contributed by atoms with Crippen LogP contribution in [-0.2, 0) is 16.1 Å². The Morgan fingerprint density at radius 1 is 1.14 bits per heavy atom. The average Bonchev–Trinajstić information content (AvgIpc) is 3.01. The number of para-hydroxylation sites is 2. The van der Waals surface area contributed by atoms with E-state index < -0.39 is 24.2 Å². The molecule has 1 heterocycles. The first-order chi connectivity index (χ1) is 13.4. The minimum atomic E-state index is -1.23. The number of hydrogen-bond donors (Lipinski definition) is 3. The Kier molecular flexibility index (Phi) is 6.23. The number of carbonyl (C=O) groups is 2. The number of benzene rings is 2. The minimum absolute atomic E-state index is 0.0554. The molecule has 28 heavy (non-hydrogen) atoms. The summed E-state index contributed by atoms with van der Waals surface area (Å²) in [5.41, 5.74) is 1.34. The zero-order valence-electron chi connectivity index (χ0n) is 15.0. The minimum Gasteiger partial charge on any atom is -0.506 e. The third-order valence-electron chi connectivity index (χ3n) is 4.49. The number of carboxylic acid groups (broad SMARTS) is 1. The molecule has 1 aliphatic rings. The number of phenolic OH excluding ortho intramolecular Hbond substituents is 1. The van der Waals surface area contributed by atoms with Crippen LogP contribution in [0.4, 0.5) is 10.1 Å². The van der Waals surface area contributed by atoms with Crippen LogP contribution in [0.2, 0.25) is 0 Å². The van der Waals surface area contributed by atoms with E-state index in [1.165, 1.54) is 18.2 Å². The van der Waals surface area contributed by atoms with Gasteiger partial charge in [-0.3, -0.25) is 9.69 Å². The Morgan fingerprint density at radius 3 is 2.54 bits per heavy atom. The van der Waals surface area contributed by atoms with E-state index in [2.05, 4.69) is 5.32 Å². The first kappa shape index (κ1) is 19.8. The Bertz CT molecular complexity index is 843. The molecule has 3 N–H and O–H groups in total. The normalized spacial score (nSPS) is 19.5. The van der Waals surface area contributed by atoms with Crippen molar-refractivity contribution < 1.29 is 28.9 Å². The SMILES string of the molecule is O=C(COC1CN(Cc2ccc(C(=O)O)cc2)CC1F)Nc1ccccc1O. The number of nitrogens with one attached hydrogen (secondary N) is 1. The Labute approximate surface area is 161 Å². The maximum atomic E-state index is 14.2. The summed E-state index contributed by atoms with van der Waals surface area (Å²) < 4.78 is 19.7. The fraction of sp³-hybridized carbons (Fsp3) is 0.300. The molecule has 3 rings (SSSR count). The summed E-state index contributed by atoms with van der Waals surface area (Å²) in [5, 5.41) is 21.1. The van der Waals surface area contributed by atoms with Crippen molar-refractivity contribution in [3.8, 4) is 5.75 Å². The highest BCUT2D eigenvalue weighted by molar-refractivity contribution is 5.93. The number of likely N-dealkylation sites (tertiary alicyclic amines) is 1. The first-order valence-electron chi connectivity index (χ1n) is 8.80. The van der Waals surface area contributed by atoms with Crippen LogP contribution in [0.25, 0.3) is 0 Å². The topological polar surface area (TPSA) is 99.1 Å². The van der Waals surface area contributed by atoms with E-state index in [1.54, 1.807) is 30.3 Å². The highest BCUT2D eigenvalue weighted by Crippen LogP contribution is 2.22. The molecule has 0 aliphatic carbocycles. The van der Waals surface area contributed by atoms with Crippen LogP contribution in [-0.4, -0.2) is 59.0 Å². The molecule has 2 aromatic carbocycles. The molecule has 0 spiro atoms. The van der Waals surface area contributed by atoms with Crippen molar-refractivity contribution in [1.82, 2.24) is 4.90 Å². The number of carbonyl (C=O) groups excluding carboxylic acids is 1. The van der Waals surface area contributed by atoms with Crippen molar-refractivity contribution in [3.05, 3.63) is 59.7 Å². The number of aromatic hydroxyl groups is 1. The quantitative estimate of drug-likeness (QED) is 0.630. The van der Waals surface area contributed by atoms with Gasteiger partial charge in [0.25, 0.3) is 0 Å². The van der Waals surface area contributed by atoms with Gasteiger partial charge in [0, 0.05) is 19.6 Å². The second kappa shape index (κ2) is 8.81. The number of ether oxygens (including phenoxy) is 1. The van der Waals surface area contributed by atoms with E-state index in [9.17, 15) is 19.1 Å². The molecular weight excluding hydrogens is 367 g/mol. The maximum Gasteiger partial charge on any atom is 0.335 e. The summed E-state index contributed by atoms with van der Waals surface area (Å²) in [5.74, 6) is -1.52. The number of anilines is 1. The molecule has 0 aromatic heterocycles. The Morgan fingerprint density at radius 2 is 1.86 bits per heavy atom. The lowest BCUT2D eigenvalue weighted by molar-refractivity contribution is -0.123. The van der Waals surface area contributed by atoms with Crippen molar-refractivity contribution in [1.29, 1.82) is 0 Å². The molecule has 7 nitrogen and oxygen atoms in total. The van der Waals surface area contributed by atoms with Gasteiger partial charge in [0.05, 0.1) is 11.3 Å². The van der Waals surface area contributed by atoms with Gasteiger partial charge >= 0.3 is 5.97 Å². The van der Waals surface area contributed by atoms with Gasteiger partial charge < -0.3 is 20.3 Å². The molecule has 148 valence electrons. The summed E-state index contributed by atoms with van der Waals surface area (Å²) in [4.78, 5) is 24.7. The van der Waals surface area contributed by atoms with Crippen LogP contribution in [0.3, 0.4) is 0 Å². The lowest BCUT2D eigenvalue weighted by Gasteiger charge is -2.16. The van der Waals surface area contributed by atoms with Gasteiger partial charge in [-0.25, -0.2) is 9.18 Å². The standard InChI is InChI=1S/C20H21FN2O5/c21-15-10-23(9-13-5-7-14(8-6-13)20(26)27)11-18(15)28-12-19(25)22-16-3-1-2-4-17(16)24/h1-8,15,18,24H,9-12H2,(H,22,25)(H,26,27). The average molecular weight is 388 g/mol. The Balaban J connectivity index is 1.47. The van der Waals surface area contributed by atoms with E-state index in [1.807, 2.05) is 4.90 Å². The zero-order chi connectivity index (χ0) is 20.1. The smallest absolute Gasteiger partial charge is 0.335 e. The van der Waals surface area contributed by atoms with Crippen LogP contribution >= 0.6 is 0 Å². The molecule has 0 bridgehead atoms. The van der Waals surface area contributed by atoms with Crippen LogP contribution < -0.4 is 5.32 Å². The maximum absolute atomic E-state index is 14.2. The third kappa shape index (κ3) is 5.05. The fourth-order valence-corrected chi connectivity index (χ4v) is 3.05. The summed E-state index contributed by atoms with van der Waals surface area (Å²) in [6, 6.07) is 12.7. The molecule has 2 aromatic rings. The van der Waals surface area contributed by atoms with Crippen molar-refractivity contribution in [2.45, 2.75) is 18.8 Å². The van der Waals surface area contributed by atoms with Crippen LogP contribution in [0, 0.1) is 0 Å². The molecule has 1 amide bonds. The lowest BCUT2D eigenvalue weighted by atomic mass is 10.1. The van der Waals surface area contributed by atoms with Crippen LogP contribution in [0.1, 0.15) is 15.9 Å². The van der Waals surface area contributed by atoms with E-state index in [-0.39, 0.29) is 30.2 Å². The van der Waals surface area contributed by atoms with E-state index in [4.69, 9.17) is 9.84 Å². The van der Waals surface area contributed by atoms with Crippen molar-refractivity contribution >= 4 is 17.6 Å². The number of phenols is 1. The molecule has 1 aliphatic heterocycles. The second-order valence-electron chi connectivity index (χ2n) is 6.63. The molecule has 0 saturated carbocycles. The number of carboxylic acids is 1. The zero-order valence-corrected chi connectivity index (χ0v) is 15.0. The van der Waals surface area contributed by atoms with Crippen LogP contribution in [0.15, 0.2) is 48.5 Å². The monoisotopic (exact) mass is 388 g/mol. The number of halogens is 1. The molecule has 2 unspecified atom stereocenters. The van der Waals surface area contributed by atoms with Gasteiger partial charge in [0.1, 0.15) is 24.6 Å². The number of alkyl halides is 1. The summed E-state index contributed by atoms with van der Waals surface area (Å²) >= 11 is 0. The summed E-state index contributed by atoms with van der Waals surface area (Å²) in [6.07, 6.45) is -1.95. The van der Waals surface area contributed by atoms with E-state index >= 15 is 0 Å². The highest BCUT2D eigenvalue weighted by atomic mass is 19.1. The van der Waals surface area contributed by atoms with Crippen molar-refractivity contribution in [2.75, 3.05) is 25.0 Å². The van der Waals surface area contributed by atoms with Crippen molar-refractivity contribution in [3.63, 3.8) is 0 Å². The van der Waals surface area contributed by atoms with E-state index in [0.717, 1.165) is 5.56 Å². The molecule has 1 saturated heterocycles. The number of aromatic carboxylic acids is 1. The number of amides is 1. The van der Waals surface area contributed by atoms with Gasteiger partial charge in [-0.1, -0.05) is 24.3 Å². The largest absolute Gasteiger partial charge is 0.506 e. The molecule has 1 fully saturated rings.